The van der Waals surface area contributed by atoms with Crippen LogP contribution in [0.4, 0.5) is 4.79 Å². The predicted octanol–water partition coefficient (Wildman–Crippen LogP) is 4.55. The van der Waals surface area contributed by atoms with Crippen molar-refractivity contribution < 1.29 is 9.53 Å². The first-order chi connectivity index (χ1) is 13.2. The topological polar surface area (TPSA) is 58.6 Å². The standard InChI is InChI=1S/C21H32N4O2S/c1-15(2)13-25(14-16-7-6-8-18-19(16)23-28-22-18)17-9-11-24(12-10-17)20(26)27-21(3,4)5/h6-8,15,17H,9-14H2,1-5H3. The zero-order valence-corrected chi connectivity index (χ0v) is 18.5. The lowest BCUT2D eigenvalue weighted by atomic mass is 10.0. The quantitative estimate of drug-likeness (QED) is 0.732. The molecule has 0 spiro atoms. The minimum absolute atomic E-state index is 0.195. The number of nitrogens with zero attached hydrogens (tertiary/aromatic N) is 4. The van der Waals surface area contributed by atoms with Crippen LogP contribution in [0.5, 0.6) is 0 Å². The van der Waals surface area contributed by atoms with Gasteiger partial charge in [-0.15, -0.1) is 0 Å². The van der Waals surface area contributed by atoms with Crippen LogP contribution in [0.3, 0.4) is 0 Å². The molecule has 2 heterocycles. The number of benzene rings is 1. The van der Waals surface area contributed by atoms with Gasteiger partial charge >= 0.3 is 6.09 Å². The van der Waals surface area contributed by atoms with Crippen LogP contribution in [0, 0.1) is 5.92 Å². The van der Waals surface area contributed by atoms with E-state index in [0.717, 1.165) is 50.1 Å². The number of likely N-dealkylation sites (tertiary alicyclic amines) is 1. The summed E-state index contributed by atoms with van der Waals surface area (Å²) in [6, 6.07) is 6.71. The minimum atomic E-state index is -0.447. The van der Waals surface area contributed by atoms with Crippen LogP contribution in [0.15, 0.2) is 18.2 Å². The molecular formula is C21H32N4O2S. The van der Waals surface area contributed by atoms with E-state index >= 15 is 0 Å². The van der Waals surface area contributed by atoms with Gasteiger partial charge in [0.25, 0.3) is 0 Å². The SMILES string of the molecule is CC(C)CN(Cc1cccc2nsnc12)C1CCN(C(=O)OC(C)(C)C)CC1. The number of piperidine rings is 1. The van der Waals surface area contributed by atoms with E-state index < -0.39 is 5.60 Å². The summed E-state index contributed by atoms with van der Waals surface area (Å²) in [4.78, 5) is 16.8. The van der Waals surface area contributed by atoms with Crippen molar-refractivity contribution in [1.82, 2.24) is 18.5 Å². The van der Waals surface area contributed by atoms with Crippen molar-refractivity contribution in [1.29, 1.82) is 0 Å². The summed E-state index contributed by atoms with van der Waals surface area (Å²) in [5.41, 5.74) is 2.79. The Kier molecular flexibility index (Phi) is 6.55. The summed E-state index contributed by atoms with van der Waals surface area (Å²) < 4.78 is 14.4. The summed E-state index contributed by atoms with van der Waals surface area (Å²) in [5, 5.41) is 0. The lowest BCUT2D eigenvalue weighted by molar-refractivity contribution is 0.0129. The molecule has 1 amide bonds. The van der Waals surface area contributed by atoms with Crippen LogP contribution in [0.25, 0.3) is 11.0 Å². The molecule has 6 nitrogen and oxygen atoms in total. The number of rotatable bonds is 5. The number of carbonyl (C=O) groups excluding carboxylic acids is 1. The van der Waals surface area contributed by atoms with Crippen LogP contribution in [0.2, 0.25) is 0 Å². The van der Waals surface area contributed by atoms with Gasteiger partial charge in [0.1, 0.15) is 16.6 Å². The summed E-state index contributed by atoms with van der Waals surface area (Å²) in [7, 11) is 0. The highest BCUT2D eigenvalue weighted by atomic mass is 32.1. The number of fused-ring (bicyclic) bond motifs is 1. The van der Waals surface area contributed by atoms with E-state index in [2.05, 4.69) is 39.6 Å². The smallest absolute Gasteiger partial charge is 0.410 e. The highest BCUT2D eigenvalue weighted by Crippen LogP contribution is 2.24. The highest BCUT2D eigenvalue weighted by molar-refractivity contribution is 7.00. The molecule has 1 aromatic heterocycles. The predicted molar refractivity (Wildman–Crippen MR) is 113 cm³/mol. The van der Waals surface area contributed by atoms with Gasteiger partial charge in [-0.1, -0.05) is 26.0 Å². The molecule has 28 heavy (non-hydrogen) atoms. The second-order valence-electron chi connectivity index (χ2n) is 9.07. The summed E-state index contributed by atoms with van der Waals surface area (Å²) in [6.07, 6.45) is 1.74. The minimum Gasteiger partial charge on any atom is -0.444 e. The Morgan fingerprint density at radius 1 is 1.29 bits per heavy atom. The number of aromatic nitrogens is 2. The fourth-order valence-electron chi connectivity index (χ4n) is 3.76. The normalized spacial score (nSPS) is 16.3. The zero-order chi connectivity index (χ0) is 20.3. The molecule has 1 fully saturated rings. The van der Waals surface area contributed by atoms with E-state index in [0.29, 0.717) is 12.0 Å². The molecule has 0 saturated carbocycles. The number of amides is 1. The zero-order valence-electron chi connectivity index (χ0n) is 17.6. The molecule has 3 rings (SSSR count). The first kappa shape index (κ1) is 21.0. The average molecular weight is 405 g/mol. The molecule has 0 N–H and O–H groups in total. The van der Waals surface area contributed by atoms with Crippen molar-refractivity contribution in [2.75, 3.05) is 19.6 Å². The fourth-order valence-corrected chi connectivity index (χ4v) is 4.33. The van der Waals surface area contributed by atoms with E-state index in [9.17, 15) is 4.79 Å². The van der Waals surface area contributed by atoms with Gasteiger partial charge in [-0.05, 0) is 51.2 Å². The fraction of sp³-hybridized carbons (Fsp3) is 0.667. The van der Waals surface area contributed by atoms with Crippen LogP contribution in [-0.2, 0) is 11.3 Å². The van der Waals surface area contributed by atoms with Crippen molar-refractivity contribution >= 4 is 28.9 Å². The summed E-state index contributed by atoms with van der Waals surface area (Å²) in [6.45, 7) is 13.7. The van der Waals surface area contributed by atoms with Crippen LogP contribution < -0.4 is 0 Å². The van der Waals surface area contributed by atoms with Crippen LogP contribution >= 0.6 is 11.7 Å². The Morgan fingerprint density at radius 3 is 2.64 bits per heavy atom. The maximum absolute atomic E-state index is 12.4. The molecule has 0 radical (unpaired) electrons. The third-order valence-electron chi connectivity index (χ3n) is 4.98. The van der Waals surface area contributed by atoms with Gasteiger partial charge in [-0.25, -0.2) is 4.79 Å². The Bertz CT molecular complexity index is 791. The van der Waals surface area contributed by atoms with Crippen molar-refractivity contribution in [3.8, 4) is 0 Å². The molecular weight excluding hydrogens is 372 g/mol. The second-order valence-corrected chi connectivity index (χ2v) is 9.60. The Morgan fingerprint density at radius 2 is 2.00 bits per heavy atom. The third kappa shape index (κ3) is 5.41. The van der Waals surface area contributed by atoms with Crippen molar-refractivity contribution in [3.63, 3.8) is 0 Å². The number of ether oxygens (including phenoxy) is 1. The number of hydrogen-bond acceptors (Lipinski definition) is 6. The van der Waals surface area contributed by atoms with E-state index in [4.69, 9.17) is 4.74 Å². The molecule has 1 aliphatic rings. The first-order valence-electron chi connectivity index (χ1n) is 10.1. The van der Waals surface area contributed by atoms with Crippen LogP contribution in [-0.4, -0.2) is 55.9 Å². The molecule has 1 aliphatic heterocycles. The summed E-state index contributed by atoms with van der Waals surface area (Å²) in [5.74, 6) is 0.580. The molecule has 2 aromatic rings. The lowest BCUT2D eigenvalue weighted by Crippen LogP contribution is -2.48. The van der Waals surface area contributed by atoms with Crippen molar-refractivity contribution in [3.05, 3.63) is 23.8 Å². The molecule has 154 valence electrons. The summed E-state index contributed by atoms with van der Waals surface area (Å²) >= 11 is 1.27. The van der Waals surface area contributed by atoms with E-state index in [-0.39, 0.29) is 6.09 Å². The molecule has 0 bridgehead atoms. The molecule has 0 aliphatic carbocycles. The van der Waals surface area contributed by atoms with Gasteiger partial charge in [-0.3, -0.25) is 4.90 Å². The molecule has 7 heteroatoms. The van der Waals surface area contributed by atoms with Gasteiger partial charge in [0, 0.05) is 32.2 Å². The largest absolute Gasteiger partial charge is 0.444 e. The first-order valence-corrected chi connectivity index (χ1v) is 10.9. The van der Waals surface area contributed by atoms with E-state index in [1.165, 1.54) is 17.3 Å². The van der Waals surface area contributed by atoms with Crippen molar-refractivity contribution in [2.24, 2.45) is 5.92 Å². The third-order valence-corrected chi connectivity index (χ3v) is 5.52. The maximum Gasteiger partial charge on any atom is 0.410 e. The molecule has 0 unspecified atom stereocenters. The monoisotopic (exact) mass is 404 g/mol. The maximum atomic E-state index is 12.4. The van der Waals surface area contributed by atoms with E-state index in [1.807, 2.05) is 31.7 Å². The molecule has 1 aromatic carbocycles. The molecule has 1 saturated heterocycles. The van der Waals surface area contributed by atoms with Gasteiger partial charge < -0.3 is 9.64 Å². The number of hydrogen-bond donors (Lipinski definition) is 0. The average Bonchev–Trinajstić information content (AvgIpc) is 3.09. The van der Waals surface area contributed by atoms with E-state index in [1.54, 1.807) is 0 Å². The molecule has 0 atom stereocenters. The second kappa shape index (κ2) is 8.74. The Balaban J connectivity index is 1.66. The number of carbonyl (C=O) groups is 1. The van der Waals surface area contributed by atoms with Gasteiger partial charge in [0.15, 0.2) is 0 Å². The highest BCUT2D eigenvalue weighted by Gasteiger charge is 2.30. The van der Waals surface area contributed by atoms with Crippen LogP contribution in [0.1, 0.15) is 53.0 Å². The van der Waals surface area contributed by atoms with Gasteiger partial charge in [0.05, 0.1) is 11.7 Å². The Labute approximate surface area is 172 Å². The van der Waals surface area contributed by atoms with Crippen molar-refractivity contribution in [2.45, 2.75) is 65.6 Å². The van der Waals surface area contributed by atoms with Gasteiger partial charge in [-0.2, -0.15) is 8.75 Å². The Hall–Kier alpha value is -1.73. The lowest BCUT2D eigenvalue weighted by Gasteiger charge is -2.39. The van der Waals surface area contributed by atoms with Gasteiger partial charge in [0.2, 0.25) is 0 Å².